The van der Waals surface area contributed by atoms with Crippen LogP contribution in [0, 0.1) is 0 Å². The fraction of sp³-hybridized carbons (Fsp3) is 0.500. The zero-order valence-electron chi connectivity index (χ0n) is 12.5. The Hall–Kier alpha value is -2.45. The third-order valence-electron chi connectivity index (χ3n) is 3.68. The van der Waals surface area contributed by atoms with E-state index in [1.54, 1.807) is 4.68 Å². The molecule has 0 aliphatic carbocycles. The first kappa shape index (κ1) is 15.4. The number of fused-ring (bicyclic) bond motifs is 1. The van der Waals surface area contributed by atoms with E-state index >= 15 is 0 Å². The number of hydrogen-bond donors (Lipinski definition) is 1. The number of carbonyl (C=O) groups excluding carboxylic acids is 1. The van der Waals surface area contributed by atoms with Gasteiger partial charge < -0.3 is 5.32 Å². The zero-order valence-corrected chi connectivity index (χ0v) is 12.5. The van der Waals surface area contributed by atoms with Gasteiger partial charge in [0.15, 0.2) is 5.82 Å². The van der Waals surface area contributed by atoms with Crippen LogP contribution in [0.5, 0.6) is 0 Å². The van der Waals surface area contributed by atoms with Gasteiger partial charge in [0.1, 0.15) is 23.5 Å². The molecule has 0 aromatic carbocycles. The van der Waals surface area contributed by atoms with E-state index in [-0.39, 0.29) is 11.7 Å². The maximum absolute atomic E-state index is 12.7. The molecule has 1 unspecified atom stereocenters. The van der Waals surface area contributed by atoms with E-state index in [1.165, 1.54) is 0 Å². The number of aryl methyl sites for hydroxylation is 2. The number of halogens is 2. The lowest BCUT2D eigenvalue weighted by atomic mass is 10.1. The molecule has 3 rings (SSSR count). The van der Waals surface area contributed by atoms with Crippen LogP contribution in [-0.2, 0) is 13.0 Å². The number of rotatable bonds is 4. The van der Waals surface area contributed by atoms with Crippen molar-refractivity contribution in [2.75, 3.05) is 0 Å². The molecule has 7 nitrogen and oxygen atoms in total. The van der Waals surface area contributed by atoms with Gasteiger partial charge in [0.05, 0.1) is 6.04 Å². The van der Waals surface area contributed by atoms with E-state index in [0.29, 0.717) is 12.2 Å². The summed E-state index contributed by atoms with van der Waals surface area (Å²) in [7, 11) is 0. The van der Waals surface area contributed by atoms with Crippen LogP contribution in [-0.4, -0.2) is 30.6 Å². The molecule has 0 saturated heterocycles. The zero-order chi connectivity index (χ0) is 16.4. The highest BCUT2D eigenvalue weighted by Crippen LogP contribution is 2.24. The SMILES string of the molecule is CCc1nc2n(n1)CCCC2NC(=O)c1cc(C(F)F)ncn1. The average molecular weight is 322 g/mol. The first-order chi connectivity index (χ1) is 11.1. The molecule has 0 radical (unpaired) electrons. The summed E-state index contributed by atoms with van der Waals surface area (Å²) in [5, 5.41) is 7.16. The van der Waals surface area contributed by atoms with Crippen molar-refractivity contribution in [1.29, 1.82) is 0 Å². The van der Waals surface area contributed by atoms with Crippen molar-refractivity contribution in [2.45, 2.75) is 45.2 Å². The Bertz CT molecular complexity index is 717. The molecule has 1 atom stereocenters. The van der Waals surface area contributed by atoms with Crippen LogP contribution in [0.2, 0.25) is 0 Å². The second kappa shape index (κ2) is 6.35. The summed E-state index contributed by atoms with van der Waals surface area (Å²) in [6, 6.07) is 0.708. The second-order valence-corrected chi connectivity index (χ2v) is 5.26. The van der Waals surface area contributed by atoms with Gasteiger partial charge in [0.2, 0.25) is 0 Å². The van der Waals surface area contributed by atoms with Gasteiger partial charge in [0, 0.05) is 13.0 Å². The van der Waals surface area contributed by atoms with Crippen molar-refractivity contribution in [3.8, 4) is 0 Å². The standard InChI is InChI=1S/C14H16F2N6O/c1-2-11-20-13-8(4-3-5-22(13)21-11)19-14(23)10-6-9(12(15)16)17-7-18-10/h6-8,12H,2-5H2,1H3,(H,19,23). The van der Waals surface area contributed by atoms with Crippen LogP contribution in [0.15, 0.2) is 12.4 Å². The Morgan fingerprint density at radius 2 is 2.30 bits per heavy atom. The summed E-state index contributed by atoms with van der Waals surface area (Å²) in [4.78, 5) is 23.9. The number of aromatic nitrogens is 5. The Morgan fingerprint density at radius 1 is 1.48 bits per heavy atom. The van der Waals surface area contributed by atoms with Crippen LogP contribution in [0.4, 0.5) is 8.78 Å². The number of hydrogen-bond acceptors (Lipinski definition) is 5. The molecule has 1 N–H and O–H groups in total. The van der Waals surface area contributed by atoms with Gasteiger partial charge in [-0.2, -0.15) is 5.10 Å². The Kier molecular flexibility index (Phi) is 4.26. The molecule has 3 heterocycles. The van der Waals surface area contributed by atoms with E-state index in [9.17, 15) is 13.6 Å². The largest absolute Gasteiger partial charge is 0.341 e. The normalized spacial score (nSPS) is 17.1. The van der Waals surface area contributed by atoms with E-state index in [4.69, 9.17) is 0 Å². The lowest BCUT2D eigenvalue weighted by Gasteiger charge is -2.22. The third-order valence-corrected chi connectivity index (χ3v) is 3.68. The van der Waals surface area contributed by atoms with Gasteiger partial charge in [0.25, 0.3) is 12.3 Å². The Balaban J connectivity index is 1.79. The Labute approximate surface area is 131 Å². The highest BCUT2D eigenvalue weighted by Gasteiger charge is 2.26. The molecular formula is C14H16F2N6O. The molecule has 0 spiro atoms. The van der Waals surface area contributed by atoms with Crippen molar-refractivity contribution < 1.29 is 13.6 Å². The van der Waals surface area contributed by atoms with Crippen molar-refractivity contribution in [3.63, 3.8) is 0 Å². The third kappa shape index (κ3) is 3.17. The van der Waals surface area contributed by atoms with Crippen molar-refractivity contribution >= 4 is 5.91 Å². The predicted molar refractivity (Wildman–Crippen MR) is 75.8 cm³/mol. The van der Waals surface area contributed by atoms with Crippen LogP contribution >= 0.6 is 0 Å². The number of alkyl halides is 2. The van der Waals surface area contributed by atoms with Crippen LogP contribution in [0.1, 0.15) is 60.1 Å². The van der Waals surface area contributed by atoms with Crippen molar-refractivity contribution in [3.05, 3.63) is 35.4 Å². The van der Waals surface area contributed by atoms with E-state index in [1.807, 2.05) is 6.92 Å². The Morgan fingerprint density at radius 3 is 3.04 bits per heavy atom. The summed E-state index contributed by atoms with van der Waals surface area (Å²) in [6.07, 6.45) is 0.519. The van der Waals surface area contributed by atoms with Crippen LogP contribution in [0.25, 0.3) is 0 Å². The van der Waals surface area contributed by atoms with Crippen molar-refractivity contribution in [2.24, 2.45) is 0 Å². The molecule has 1 aliphatic heterocycles. The molecule has 23 heavy (non-hydrogen) atoms. The number of carbonyl (C=O) groups is 1. The van der Waals surface area contributed by atoms with Crippen LogP contribution < -0.4 is 5.32 Å². The van der Waals surface area contributed by atoms with Crippen LogP contribution in [0.3, 0.4) is 0 Å². The van der Waals surface area contributed by atoms with E-state index in [2.05, 4.69) is 25.4 Å². The van der Waals surface area contributed by atoms with Gasteiger partial charge in [-0.3, -0.25) is 4.79 Å². The first-order valence-electron chi connectivity index (χ1n) is 7.43. The van der Waals surface area contributed by atoms with Gasteiger partial charge >= 0.3 is 0 Å². The second-order valence-electron chi connectivity index (χ2n) is 5.26. The molecule has 0 fully saturated rings. The lowest BCUT2D eigenvalue weighted by molar-refractivity contribution is 0.0921. The molecule has 0 saturated carbocycles. The van der Waals surface area contributed by atoms with Gasteiger partial charge in [-0.15, -0.1) is 0 Å². The molecule has 1 aliphatic rings. The molecule has 1 amide bonds. The summed E-state index contributed by atoms with van der Waals surface area (Å²) in [6.45, 7) is 2.72. The van der Waals surface area contributed by atoms with E-state index in [0.717, 1.165) is 37.6 Å². The summed E-state index contributed by atoms with van der Waals surface area (Å²) < 4.78 is 27.1. The average Bonchev–Trinajstić information content (AvgIpc) is 2.99. The predicted octanol–water partition coefficient (Wildman–Crippen LogP) is 1.83. The number of nitrogens with one attached hydrogen (secondary N) is 1. The highest BCUT2D eigenvalue weighted by atomic mass is 19.3. The summed E-state index contributed by atoms with van der Waals surface area (Å²) in [5.41, 5.74) is -0.548. The number of amides is 1. The topological polar surface area (TPSA) is 85.6 Å². The quantitative estimate of drug-likeness (QED) is 0.928. The molecule has 2 aromatic rings. The summed E-state index contributed by atoms with van der Waals surface area (Å²) >= 11 is 0. The minimum absolute atomic E-state index is 0.0809. The fourth-order valence-electron chi connectivity index (χ4n) is 2.53. The smallest absolute Gasteiger partial charge is 0.280 e. The number of nitrogens with zero attached hydrogens (tertiary/aromatic N) is 5. The van der Waals surface area contributed by atoms with Crippen molar-refractivity contribution in [1.82, 2.24) is 30.0 Å². The molecule has 0 bridgehead atoms. The molecule has 9 heteroatoms. The minimum Gasteiger partial charge on any atom is -0.341 e. The maximum Gasteiger partial charge on any atom is 0.280 e. The summed E-state index contributed by atoms with van der Waals surface area (Å²) in [5.74, 6) is 0.904. The van der Waals surface area contributed by atoms with E-state index < -0.39 is 18.0 Å². The van der Waals surface area contributed by atoms with Gasteiger partial charge in [-0.05, 0) is 18.9 Å². The molecular weight excluding hydrogens is 306 g/mol. The van der Waals surface area contributed by atoms with Gasteiger partial charge in [-0.1, -0.05) is 6.92 Å². The monoisotopic (exact) mass is 322 g/mol. The maximum atomic E-state index is 12.7. The molecule has 122 valence electrons. The molecule has 2 aromatic heterocycles. The van der Waals surface area contributed by atoms with Gasteiger partial charge in [-0.25, -0.2) is 28.4 Å². The minimum atomic E-state index is -2.74. The first-order valence-corrected chi connectivity index (χ1v) is 7.43. The highest BCUT2D eigenvalue weighted by molar-refractivity contribution is 5.92. The lowest BCUT2D eigenvalue weighted by Crippen LogP contribution is -2.33. The fourth-order valence-corrected chi connectivity index (χ4v) is 2.53.